The Bertz CT molecular complexity index is 708. The Kier molecular flexibility index (Phi) is 4.01. The van der Waals surface area contributed by atoms with Crippen LogP contribution in [0.4, 0.5) is 10.7 Å². The summed E-state index contributed by atoms with van der Waals surface area (Å²) in [6.45, 7) is 2.63. The Morgan fingerprint density at radius 2 is 2.08 bits per heavy atom. The molecule has 0 aromatic carbocycles. The fraction of sp³-hybridized carbons (Fsp3) is 0.500. The van der Waals surface area contributed by atoms with E-state index in [9.17, 15) is 9.59 Å². The van der Waals surface area contributed by atoms with Crippen molar-refractivity contribution in [3.05, 3.63) is 22.9 Å². The van der Waals surface area contributed by atoms with Crippen LogP contribution in [-0.4, -0.2) is 40.7 Å². The van der Waals surface area contributed by atoms with Crippen molar-refractivity contribution >= 4 is 34.9 Å². The molecule has 7 nitrogen and oxygen atoms in total. The number of hydrogen-bond donors (Lipinski definition) is 2. The summed E-state index contributed by atoms with van der Waals surface area (Å²) in [5, 5.41) is 1.90. The van der Waals surface area contributed by atoms with E-state index in [0.717, 1.165) is 31.4 Å². The van der Waals surface area contributed by atoms with Crippen molar-refractivity contribution < 1.29 is 9.59 Å². The molecule has 4 rings (SSSR count). The van der Waals surface area contributed by atoms with Crippen molar-refractivity contribution in [1.29, 1.82) is 0 Å². The molecule has 3 N–H and O–H groups in total. The number of amides is 2. The van der Waals surface area contributed by atoms with Crippen LogP contribution >= 0.6 is 11.8 Å². The van der Waals surface area contributed by atoms with Crippen LogP contribution < -0.4 is 16.0 Å². The van der Waals surface area contributed by atoms with E-state index >= 15 is 0 Å². The van der Waals surface area contributed by atoms with Crippen LogP contribution in [0.25, 0.3) is 6.08 Å². The molecule has 3 fully saturated rings. The lowest BCUT2D eigenvalue weighted by molar-refractivity contribution is -0.115. The van der Waals surface area contributed by atoms with E-state index in [1.54, 1.807) is 18.3 Å². The number of nitrogens with two attached hydrogens (primary N) is 1. The summed E-state index contributed by atoms with van der Waals surface area (Å²) >= 11 is 0.898. The third-order valence-electron chi connectivity index (χ3n) is 5.17. The maximum Gasteiger partial charge on any atom is 0.290 e. The second-order valence-corrected chi connectivity index (χ2v) is 7.55. The second kappa shape index (κ2) is 6.18. The molecule has 24 heavy (non-hydrogen) atoms. The molecule has 2 aliphatic heterocycles. The fourth-order valence-electron chi connectivity index (χ4n) is 4.03. The highest BCUT2D eigenvalue weighted by Crippen LogP contribution is 2.42. The van der Waals surface area contributed by atoms with E-state index in [1.807, 2.05) is 0 Å². The summed E-state index contributed by atoms with van der Waals surface area (Å²) in [5.41, 5.74) is 6.56. The molecule has 1 aromatic heterocycles. The smallest absolute Gasteiger partial charge is 0.290 e. The highest BCUT2D eigenvalue weighted by molar-refractivity contribution is 8.18. The second-order valence-electron chi connectivity index (χ2n) is 6.54. The Labute approximate surface area is 144 Å². The van der Waals surface area contributed by atoms with Gasteiger partial charge in [-0.15, -0.1) is 0 Å². The van der Waals surface area contributed by atoms with Crippen molar-refractivity contribution in [2.45, 2.75) is 12.8 Å². The zero-order valence-corrected chi connectivity index (χ0v) is 14.0. The fourth-order valence-corrected chi connectivity index (χ4v) is 4.70. The zero-order valence-electron chi connectivity index (χ0n) is 13.1. The monoisotopic (exact) mass is 345 g/mol. The van der Waals surface area contributed by atoms with E-state index in [1.165, 1.54) is 12.8 Å². The van der Waals surface area contributed by atoms with E-state index < -0.39 is 0 Å². The van der Waals surface area contributed by atoms with Crippen molar-refractivity contribution in [3.8, 4) is 0 Å². The van der Waals surface area contributed by atoms with Gasteiger partial charge in [0.25, 0.3) is 11.1 Å². The molecule has 0 radical (unpaired) electrons. The number of nitrogens with zero attached hydrogens (tertiary/aromatic N) is 3. The lowest BCUT2D eigenvalue weighted by Gasteiger charge is -2.37. The topological polar surface area (TPSA) is 101 Å². The van der Waals surface area contributed by atoms with Gasteiger partial charge in [0.15, 0.2) is 0 Å². The van der Waals surface area contributed by atoms with Gasteiger partial charge in [0.1, 0.15) is 0 Å². The third kappa shape index (κ3) is 2.80. The molecular formula is C16H19N5O2S. The summed E-state index contributed by atoms with van der Waals surface area (Å²) in [6, 6.07) is 1.74. The van der Waals surface area contributed by atoms with E-state index in [4.69, 9.17) is 5.73 Å². The number of rotatable bonds is 3. The highest BCUT2D eigenvalue weighted by Gasteiger charge is 2.41. The molecule has 1 aromatic rings. The summed E-state index contributed by atoms with van der Waals surface area (Å²) < 4.78 is 0. The van der Waals surface area contributed by atoms with Gasteiger partial charge in [0.05, 0.1) is 10.6 Å². The minimum Gasteiger partial charge on any atom is -0.340 e. The number of thioether (sulfide) groups is 1. The van der Waals surface area contributed by atoms with Gasteiger partial charge >= 0.3 is 0 Å². The summed E-state index contributed by atoms with van der Waals surface area (Å²) in [4.78, 5) is 34.5. The minimum absolute atomic E-state index is 0.346. The molecule has 2 amide bonds. The standard InChI is InChI=1S/C16H19N5O2S/c17-6-12-9-1-2-10(12)8-21(7-9)15-18-4-3-11(19-15)5-13-14(22)20-16(23)24-13/h3-5,9-10,12H,1-2,6-8,17H2,(H,20,22,23)/b13-5-/t9-,10+,12?. The highest BCUT2D eigenvalue weighted by atomic mass is 32.2. The van der Waals surface area contributed by atoms with E-state index in [2.05, 4.69) is 20.2 Å². The van der Waals surface area contributed by atoms with Crippen LogP contribution in [0, 0.1) is 17.8 Å². The molecule has 3 heterocycles. The van der Waals surface area contributed by atoms with Gasteiger partial charge in [0.2, 0.25) is 5.95 Å². The molecule has 1 saturated carbocycles. The predicted octanol–water partition coefficient (Wildman–Crippen LogP) is 1.22. The number of imide groups is 1. The van der Waals surface area contributed by atoms with Crippen molar-refractivity contribution in [2.75, 3.05) is 24.5 Å². The van der Waals surface area contributed by atoms with Crippen molar-refractivity contribution in [2.24, 2.45) is 23.5 Å². The van der Waals surface area contributed by atoms with Crippen LogP contribution in [0.3, 0.4) is 0 Å². The first-order valence-corrected chi connectivity index (χ1v) is 8.98. The largest absolute Gasteiger partial charge is 0.340 e. The number of piperidine rings is 1. The first-order valence-electron chi connectivity index (χ1n) is 8.17. The molecule has 3 aliphatic rings. The molecule has 1 unspecified atom stereocenters. The molecule has 1 aliphatic carbocycles. The van der Waals surface area contributed by atoms with Gasteiger partial charge in [-0.1, -0.05) is 0 Å². The minimum atomic E-state index is -0.369. The summed E-state index contributed by atoms with van der Waals surface area (Å²) in [5.74, 6) is 2.18. The predicted molar refractivity (Wildman–Crippen MR) is 92.1 cm³/mol. The van der Waals surface area contributed by atoms with Crippen LogP contribution in [0.5, 0.6) is 0 Å². The maximum atomic E-state index is 11.7. The average Bonchev–Trinajstić information content (AvgIpc) is 3.01. The van der Waals surface area contributed by atoms with Gasteiger partial charge in [-0.05, 0) is 61.0 Å². The lowest BCUT2D eigenvalue weighted by atomic mass is 9.85. The average molecular weight is 345 g/mol. The van der Waals surface area contributed by atoms with Crippen LogP contribution in [0.2, 0.25) is 0 Å². The molecular weight excluding hydrogens is 326 g/mol. The van der Waals surface area contributed by atoms with Crippen molar-refractivity contribution in [3.63, 3.8) is 0 Å². The van der Waals surface area contributed by atoms with Gasteiger partial charge in [-0.3, -0.25) is 14.9 Å². The van der Waals surface area contributed by atoms with Crippen LogP contribution in [0.1, 0.15) is 18.5 Å². The quantitative estimate of drug-likeness (QED) is 0.794. The lowest BCUT2D eigenvalue weighted by Crippen LogP contribution is -2.45. The first kappa shape index (κ1) is 15.6. The zero-order chi connectivity index (χ0) is 16.7. The van der Waals surface area contributed by atoms with E-state index in [0.29, 0.717) is 34.3 Å². The normalized spacial score (nSPS) is 31.0. The summed E-state index contributed by atoms with van der Waals surface area (Å²) in [7, 11) is 0. The molecule has 126 valence electrons. The Balaban J connectivity index is 1.55. The van der Waals surface area contributed by atoms with Gasteiger partial charge in [-0.2, -0.15) is 0 Å². The number of carbonyl (C=O) groups excluding carboxylic acids is 2. The maximum absolute atomic E-state index is 11.7. The molecule has 0 spiro atoms. The first-order chi connectivity index (χ1) is 11.6. The molecule has 2 saturated heterocycles. The van der Waals surface area contributed by atoms with Gasteiger partial charge in [-0.25, -0.2) is 9.97 Å². The van der Waals surface area contributed by atoms with Crippen LogP contribution in [0.15, 0.2) is 17.2 Å². The Morgan fingerprint density at radius 1 is 1.33 bits per heavy atom. The number of hydrogen-bond acceptors (Lipinski definition) is 7. The number of carbonyl (C=O) groups is 2. The Hall–Kier alpha value is -1.93. The third-order valence-corrected chi connectivity index (χ3v) is 5.98. The number of aromatic nitrogens is 2. The molecule has 3 atom stereocenters. The number of anilines is 1. The van der Waals surface area contributed by atoms with Gasteiger partial charge in [0, 0.05) is 19.3 Å². The van der Waals surface area contributed by atoms with E-state index in [-0.39, 0.29) is 11.1 Å². The molecule has 8 heteroatoms. The summed E-state index contributed by atoms with van der Waals surface area (Å²) in [6.07, 6.45) is 5.79. The van der Waals surface area contributed by atoms with Crippen molar-refractivity contribution in [1.82, 2.24) is 15.3 Å². The molecule has 2 bridgehead atoms. The SMILES string of the molecule is NCC1[C@@H]2CC[C@H]1CN(c1nccc(/C=C3\SC(=O)NC3=O)n1)C2. The van der Waals surface area contributed by atoms with Gasteiger partial charge < -0.3 is 10.6 Å². The number of nitrogens with one attached hydrogen (secondary N) is 1. The number of fused-ring (bicyclic) bond motifs is 2. The Morgan fingerprint density at radius 3 is 2.71 bits per heavy atom. The van der Waals surface area contributed by atoms with Crippen LogP contribution in [-0.2, 0) is 4.79 Å².